The van der Waals surface area contributed by atoms with Gasteiger partial charge in [-0.05, 0) is 34.0 Å². The molecule has 0 saturated heterocycles. The molecule has 0 aromatic rings. The van der Waals surface area contributed by atoms with E-state index in [2.05, 4.69) is 19.0 Å². The summed E-state index contributed by atoms with van der Waals surface area (Å²) in [5.74, 6) is 0. The van der Waals surface area contributed by atoms with Crippen LogP contribution in [-0.4, -0.2) is 32.1 Å². The van der Waals surface area contributed by atoms with Crippen LogP contribution in [0.1, 0.15) is 20.3 Å². The molecule has 74 valence electrons. The van der Waals surface area contributed by atoms with Crippen LogP contribution in [0.5, 0.6) is 0 Å². The quantitative estimate of drug-likeness (QED) is 0.662. The molecular formula is C9H23N3. The Bertz CT molecular complexity index is 104. The van der Waals surface area contributed by atoms with Gasteiger partial charge in [-0.15, -0.1) is 0 Å². The molecule has 0 fully saturated rings. The highest BCUT2D eigenvalue weighted by molar-refractivity contribution is 4.91. The highest BCUT2D eigenvalue weighted by Crippen LogP contribution is 1.87. The standard InChI is InChI=1S/C7H16N2.C2H7N/c1-7(8)5-4-6-9(2)3;1-2-3/h5H,4,6,8H2,1-3H3;2-3H2,1H3/b7-5+;. The van der Waals surface area contributed by atoms with Gasteiger partial charge in [0.2, 0.25) is 0 Å². The summed E-state index contributed by atoms with van der Waals surface area (Å²) in [5.41, 5.74) is 11.2. The molecule has 0 radical (unpaired) electrons. The second-order valence-corrected chi connectivity index (χ2v) is 2.95. The minimum atomic E-state index is 0.750. The molecule has 0 spiro atoms. The summed E-state index contributed by atoms with van der Waals surface area (Å²) in [6.07, 6.45) is 3.09. The van der Waals surface area contributed by atoms with Crippen molar-refractivity contribution >= 4 is 0 Å². The minimum absolute atomic E-state index is 0.750. The summed E-state index contributed by atoms with van der Waals surface area (Å²) >= 11 is 0. The van der Waals surface area contributed by atoms with Gasteiger partial charge >= 0.3 is 0 Å². The SMILES string of the molecule is C/C(N)=C\CCN(C)C.CCN. The van der Waals surface area contributed by atoms with Gasteiger partial charge in [-0.2, -0.15) is 0 Å². The van der Waals surface area contributed by atoms with E-state index < -0.39 is 0 Å². The summed E-state index contributed by atoms with van der Waals surface area (Å²) in [6.45, 7) is 5.64. The van der Waals surface area contributed by atoms with Crippen LogP contribution in [0.4, 0.5) is 0 Å². The van der Waals surface area contributed by atoms with Crippen LogP contribution in [0, 0.1) is 0 Å². The maximum atomic E-state index is 5.42. The van der Waals surface area contributed by atoms with Crippen LogP contribution in [0.3, 0.4) is 0 Å². The molecule has 12 heavy (non-hydrogen) atoms. The molecule has 0 aliphatic heterocycles. The first-order valence-corrected chi connectivity index (χ1v) is 4.31. The normalized spacial score (nSPS) is 11.0. The molecule has 0 saturated carbocycles. The van der Waals surface area contributed by atoms with Gasteiger partial charge in [0, 0.05) is 12.2 Å². The van der Waals surface area contributed by atoms with E-state index >= 15 is 0 Å². The van der Waals surface area contributed by atoms with Crippen LogP contribution in [-0.2, 0) is 0 Å². The van der Waals surface area contributed by atoms with Crippen LogP contribution in [0.25, 0.3) is 0 Å². The van der Waals surface area contributed by atoms with Crippen molar-refractivity contribution in [3.8, 4) is 0 Å². The first kappa shape index (κ1) is 14.0. The van der Waals surface area contributed by atoms with E-state index in [0.29, 0.717) is 0 Å². The Balaban J connectivity index is 0. The topological polar surface area (TPSA) is 55.3 Å². The van der Waals surface area contributed by atoms with E-state index in [-0.39, 0.29) is 0 Å². The highest BCUT2D eigenvalue weighted by atomic mass is 15.0. The highest BCUT2D eigenvalue weighted by Gasteiger charge is 1.85. The molecule has 0 aliphatic rings. The van der Waals surface area contributed by atoms with Crippen molar-refractivity contribution in [3.05, 3.63) is 11.8 Å². The lowest BCUT2D eigenvalue weighted by atomic mass is 10.3. The molecule has 0 atom stereocenters. The van der Waals surface area contributed by atoms with Crippen molar-refractivity contribution < 1.29 is 0 Å². The molecule has 0 aromatic heterocycles. The van der Waals surface area contributed by atoms with Crippen molar-refractivity contribution in [2.45, 2.75) is 20.3 Å². The molecule has 4 N–H and O–H groups in total. The second kappa shape index (κ2) is 10.5. The van der Waals surface area contributed by atoms with Crippen molar-refractivity contribution in [3.63, 3.8) is 0 Å². The van der Waals surface area contributed by atoms with E-state index in [9.17, 15) is 0 Å². The lowest BCUT2D eigenvalue weighted by molar-refractivity contribution is 0.417. The Labute approximate surface area is 76.4 Å². The third-order valence-electron chi connectivity index (χ3n) is 1.04. The van der Waals surface area contributed by atoms with E-state index in [1.165, 1.54) is 0 Å². The Hall–Kier alpha value is -0.540. The first-order valence-electron chi connectivity index (χ1n) is 4.31. The zero-order valence-electron chi connectivity index (χ0n) is 8.80. The number of allylic oxidation sites excluding steroid dienone is 1. The number of hydrogen-bond acceptors (Lipinski definition) is 3. The Morgan fingerprint density at radius 3 is 2.08 bits per heavy atom. The van der Waals surface area contributed by atoms with Gasteiger partial charge in [-0.3, -0.25) is 0 Å². The minimum Gasteiger partial charge on any atom is -0.403 e. The second-order valence-electron chi connectivity index (χ2n) is 2.95. The van der Waals surface area contributed by atoms with Crippen LogP contribution < -0.4 is 11.5 Å². The molecule has 0 rings (SSSR count). The molecule has 3 heteroatoms. The predicted molar refractivity (Wildman–Crippen MR) is 55.8 cm³/mol. The van der Waals surface area contributed by atoms with E-state index in [1.807, 2.05) is 19.9 Å². The zero-order chi connectivity index (χ0) is 9.98. The maximum absolute atomic E-state index is 5.42. The van der Waals surface area contributed by atoms with Gasteiger partial charge < -0.3 is 16.4 Å². The molecule has 0 unspecified atom stereocenters. The third-order valence-corrected chi connectivity index (χ3v) is 1.04. The van der Waals surface area contributed by atoms with Crippen molar-refractivity contribution in [1.82, 2.24) is 4.90 Å². The van der Waals surface area contributed by atoms with Crippen molar-refractivity contribution in [1.29, 1.82) is 0 Å². The van der Waals surface area contributed by atoms with Crippen molar-refractivity contribution in [2.75, 3.05) is 27.2 Å². The van der Waals surface area contributed by atoms with E-state index in [1.54, 1.807) is 0 Å². The van der Waals surface area contributed by atoms with E-state index in [0.717, 1.165) is 25.2 Å². The number of nitrogens with zero attached hydrogens (tertiary/aromatic N) is 1. The largest absolute Gasteiger partial charge is 0.403 e. The lowest BCUT2D eigenvalue weighted by Crippen LogP contribution is -2.12. The molecule has 3 nitrogen and oxygen atoms in total. The maximum Gasteiger partial charge on any atom is 0.00106 e. The summed E-state index contributed by atoms with van der Waals surface area (Å²) in [6, 6.07) is 0. The molecule has 0 aromatic carbocycles. The fourth-order valence-electron chi connectivity index (χ4n) is 0.550. The number of hydrogen-bond donors (Lipinski definition) is 2. The Morgan fingerprint density at radius 1 is 1.42 bits per heavy atom. The first-order chi connectivity index (χ1) is 5.54. The molecule has 0 heterocycles. The zero-order valence-corrected chi connectivity index (χ0v) is 8.80. The van der Waals surface area contributed by atoms with Gasteiger partial charge in [0.1, 0.15) is 0 Å². The van der Waals surface area contributed by atoms with Gasteiger partial charge in [-0.1, -0.05) is 13.0 Å². The van der Waals surface area contributed by atoms with Gasteiger partial charge in [0.25, 0.3) is 0 Å². The third kappa shape index (κ3) is 22.7. The molecular weight excluding hydrogens is 150 g/mol. The van der Waals surface area contributed by atoms with Crippen LogP contribution in [0.2, 0.25) is 0 Å². The van der Waals surface area contributed by atoms with Gasteiger partial charge in [0.05, 0.1) is 0 Å². The average Bonchev–Trinajstić information content (AvgIpc) is 1.87. The Kier molecular flexibility index (Phi) is 12.2. The van der Waals surface area contributed by atoms with Gasteiger partial charge in [0.15, 0.2) is 0 Å². The summed E-state index contributed by atoms with van der Waals surface area (Å²) in [7, 11) is 4.11. The monoisotopic (exact) mass is 173 g/mol. The molecule has 0 bridgehead atoms. The Morgan fingerprint density at radius 2 is 1.83 bits per heavy atom. The fraction of sp³-hybridized carbons (Fsp3) is 0.778. The molecule has 0 aliphatic carbocycles. The number of rotatable bonds is 3. The van der Waals surface area contributed by atoms with E-state index in [4.69, 9.17) is 11.5 Å². The summed E-state index contributed by atoms with van der Waals surface area (Å²) < 4.78 is 0. The summed E-state index contributed by atoms with van der Waals surface area (Å²) in [4.78, 5) is 2.14. The smallest absolute Gasteiger partial charge is 0.00106 e. The van der Waals surface area contributed by atoms with Crippen LogP contribution in [0.15, 0.2) is 11.8 Å². The molecule has 0 amide bonds. The number of nitrogens with two attached hydrogens (primary N) is 2. The van der Waals surface area contributed by atoms with Crippen molar-refractivity contribution in [2.24, 2.45) is 11.5 Å². The average molecular weight is 173 g/mol. The van der Waals surface area contributed by atoms with Crippen LogP contribution >= 0.6 is 0 Å². The summed E-state index contributed by atoms with van der Waals surface area (Å²) in [5, 5.41) is 0. The fourth-order valence-corrected chi connectivity index (χ4v) is 0.550. The van der Waals surface area contributed by atoms with Gasteiger partial charge in [-0.25, -0.2) is 0 Å². The lowest BCUT2D eigenvalue weighted by Gasteiger charge is -2.05. The predicted octanol–water partition coefficient (Wildman–Crippen LogP) is 0.766.